The fourth-order valence-electron chi connectivity index (χ4n) is 2.26. The van der Waals surface area contributed by atoms with Crippen molar-refractivity contribution >= 4 is 10.0 Å². The lowest BCUT2D eigenvalue weighted by Crippen LogP contribution is -2.32. The summed E-state index contributed by atoms with van der Waals surface area (Å²) in [5.74, 6) is 0.106. The van der Waals surface area contributed by atoms with Crippen LogP contribution in [0.25, 0.3) is 0 Å². The third-order valence-corrected chi connectivity index (χ3v) is 5.00. The first-order valence-corrected chi connectivity index (χ1v) is 8.70. The minimum Gasteiger partial charge on any atom is -0.309 e. The maximum absolute atomic E-state index is 11.6. The molecule has 20 heavy (non-hydrogen) atoms. The second-order valence-corrected chi connectivity index (χ2v) is 7.21. The van der Waals surface area contributed by atoms with Crippen LogP contribution in [0.2, 0.25) is 0 Å². The minimum absolute atomic E-state index is 0.106. The minimum atomic E-state index is -3.15. The van der Waals surface area contributed by atoms with Gasteiger partial charge in [0.1, 0.15) is 0 Å². The average Bonchev–Trinajstić information content (AvgIpc) is 2.33. The van der Waals surface area contributed by atoms with Gasteiger partial charge in [-0.25, -0.2) is 13.1 Å². The molecule has 1 unspecified atom stereocenters. The average molecular weight is 298 g/mol. The van der Waals surface area contributed by atoms with Gasteiger partial charge in [-0.2, -0.15) is 0 Å². The zero-order valence-electron chi connectivity index (χ0n) is 13.1. The highest BCUT2D eigenvalue weighted by atomic mass is 32.2. The second-order valence-electron chi connectivity index (χ2n) is 5.29. The van der Waals surface area contributed by atoms with Gasteiger partial charge in [0.25, 0.3) is 0 Å². The SMILES string of the molecule is CCNS(=O)(=O)CCNC(C)c1cc(C)c(C)cc1C. The van der Waals surface area contributed by atoms with Crippen LogP contribution in [0.3, 0.4) is 0 Å². The molecule has 114 valence electrons. The molecule has 1 aromatic rings. The normalized spacial score (nSPS) is 13.4. The van der Waals surface area contributed by atoms with E-state index in [2.05, 4.69) is 49.9 Å². The molecular weight excluding hydrogens is 272 g/mol. The Balaban J connectivity index is 2.64. The molecule has 0 heterocycles. The molecule has 0 spiro atoms. The molecule has 0 bridgehead atoms. The lowest BCUT2D eigenvalue weighted by Gasteiger charge is -2.18. The van der Waals surface area contributed by atoms with Gasteiger partial charge in [0.15, 0.2) is 0 Å². The summed E-state index contributed by atoms with van der Waals surface area (Å²) in [6, 6.07) is 4.51. The predicted octanol–water partition coefficient (Wildman–Crippen LogP) is 2.20. The number of sulfonamides is 1. The van der Waals surface area contributed by atoms with Crippen LogP contribution in [-0.2, 0) is 10.0 Å². The zero-order valence-corrected chi connectivity index (χ0v) is 13.9. The summed E-state index contributed by atoms with van der Waals surface area (Å²) in [5.41, 5.74) is 5.02. The van der Waals surface area contributed by atoms with E-state index < -0.39 is 10.0 Å². The Hall–Kier alpha value is -0.910. The van der Waals surface area contributed by atoms with Crippen molar-refractivity contribution in [1.82, 2.24) is 10.0 Å². The molecule has 5 heteroatoms. The smallest absolute Gasteiger partial charge is 0.212 e. The van der Waals surface area contributed by atoms with E-state index in [1.54, 1.807) is 6.92 Å². The Morgan fingerprint density at radius 1 is 1.10 bits per heavy atom. The number of benzene rings is 1. The van der Waals surface area contributed by atoms with Crippen LogP contribution >= 0.6 is 0 Å². The first-order chi connectivity index (χ1) is 9.26. The number of nitrogens with one attached hydrogen (secondary N) is 2. The zero-order chi connectivity index (χ0) is 15.3. The third kappa shape index (κ3) is 4.89. The van der Waals surface area contributed by atoms with Crippen LogP contribution in [0.1, 0.15) is 42.1 Å². The van der Waals surface area contributed by atoms with E-state index in [9.17, 15) is 8.42 Å². The quantitative estimate of drug-likeness (QED) is 0.811. The van der Waals surface area contributed by atoms with Crippen LogP contribution < -0.4 is 10.0 Å². The van der Waals surface area contributed by atoms with Crippen molar-refractivity contribution < 1.29 is 8.42 Å². The Morgan fingerprint density at radius 3 is 2.30 bits per heavy atom. The monoisotopic (exact) mass is 298 g/mol. The number of rotatable bonds is 7. The van der Waals surface area contributed by atoms with Crippen LogP contribution in [0, 0.1) is 20.8 Å². The van der Waals surface area contributed by atoms with Gasteiger partial charge in [-0.1, -0.05) is 19.1 Å². The van der Waals surface area contributed by atoms with Crippen LogP contribution in [0.15, 0.2) is 12.1 Å². The summed E-state index contributed by atoms with van der Waals surface area (Å²) in [5, 5.41) is 3.28. The molecular formula is C15H26N2O2S. The van der Waals surface area contributed by atoms with Gasteiger partial charge in [0, 0.05) is 19.1 Å². The Labute approximate surface area is 123 Å². The molecule has 0 amide bonds. The molecule has 0 fully saturated rings. The molecule has 1 aromatic carbocycles. The highest BCUT2D eigenvalue weighted by Gasteiger charge is 2.12. The topological polar surface area (TPSA) is 58.2 Å². The maximum Gasteiger partial charge on any atom is 0.212 e. The summed E-state index contributed by atoms with van der Waals surface area (Å²) in [4.78, 5) is 0. The molecule has 0 aliphatic rings. The second kappa shape index (κ2) is 7.20. The van der Waals surface area contributed by atoms with Crippen molar-refractivity contribution in [3.63, 3.8) is 0 Å². The van der Waals surface area contributed by atoms with Crippen molar-refractivity contribution in [2.45, 2.75) is 40.7 Å². The lowest BCUT2D eigenvalue weighted by molar-refractivity contribution is 0.563. The van der Waals surface area contributed by atoms with Gasteiger partial charge in [-0.3, -0.25) is 0 Å². The Kier molecular flexibility index (Phi) is 6.17. The fourth-order valence-corrected chi connectivity index (χ4v) is 3.23. The lowest BCUT2D eigenvalue weighted by atomic mass is 9.96. The molecule has 1 rings (SSSR count). The molecule has 2 N–H and O–H groups in total. The summed E-state index contributed by atoms with van der Waals surface area (Å²) < 4.78 is 25.6. The van der Waals surface area contributed by atoms with E-state index in [1.807, 2.05) is 0 Å². The van der Waals surface area contributed by atoms with Crippen LogP contribution in [0.4, 0.5) is 0 Å². The number of aryl methyl sites for hydroxylation is 3. The van der Waals surface area contributed by atoms with Crippen LogP contribution in [-0.4, -0.2) is 27.3 Å². The molecule has 1 atom stereocenters. The summed E-state index contributed by atoms with van der Waals surface area (Å²) in [6.45, 7) is 11.0. The van der Waals surface area contributed by atoms with E-state index in [-0.39, 0.29) is 11.8 Å². The van der Waals surface area contributed by atoms with E-state index in [0.29, 0.717) is 13.1 Å². The maximum atomic E-state index is 11.6. The van der Waals surface area contributed by atoms with Crippen molar-refractivity contribution in [2.24, 2.45) is 0 Å². The van der Waals surface area contributed by atoms with Gasteiger partial charge in [0.05, 0.1) is 5.75 Å². The van der Waals surface area contributed by atoms with Gasteiger partial charge < -0.3 is 5.32 Å². The van der Waals surface area contributed by atoms with Crippen molar-refractivity contribution in [2.75, 3.05) is 18.8 Å². The highest BCUT2D eigenvalue weighted by Crippen LogP contribution is 2.21. The Morgan fingerprint density at radius 2 is 1.70 bits per heavy atom. The largest absolute Gasteiger partial charge is 0.309 e. The predicted molar refractivity (Wildman–Crippen MR) is 84.5 cm³/mol. The summed E-state index contributed by atoms with van der Waals surface area (Å²) in [6.07, 6.45) is 0. The number of hydrogen-bond donors (Lipinski definition) is 2. The summed E-state index contributed by atoms with van der Waals surface area (Å²) >= 11 is 0. The van der Waals surface area contributed by atoms with Crippen molar-refractivity contribution in [1.29, 1.82) is 0 Å². The first-order valence-electron chi connectivity index (χ1n) is 7.05. The van der Waals surface area contributed by atoms with Gasteiger partial charge in [0.2, 0.25) is 10.0 Å². The van der Waals surface area contributed by atoms with Crippen molar-refractivity contribution in [3.05, 3.63) is 34.4 Å². The first kappa shape index (κ1) is 17.1. The van der Waals surface area contributed by atoms with Gasteiger partial charge >= 0.3 is 0 Å². The van der Waals surface area contributed by atoms with E-state index in [0.717, 1.165) is 0 Å². The standard InChI is InChI=1S/C15H26N2O2S/c1-6-17-20(18,19)8-7-16-14(5)15-10-12(3)11(2)9-13(15)4/h9-10,14,16-17H,6-8H2,1-5H3. The van der Waals surface area contributed by atoms with E-state index in [4.69, 9.17) is 0 Å². The molecule has 0 aliphatic carbocycles. The fraction of sp³-hybridized carbons (Fsp3) is 0.600. The summed E-state index contributed by atoms with van der Waals surface area (Å²) in [7, 11) is -3.15. The molecule has 0 radical (unpaired) electrons. The molecule has 0 saturated carbocycles. The highest BCUT2D eigenvalue weighted by molar-refractivity contribution is 7.89. The number of hydrogen-bond acceptors (Lipinski definition) is 3. The third-order valence-electron chi connectivity index (χ3n) is 3.53. The van der Waals surface area contributed by atoms with Crippen molar-refractivity contribution in [3.8, 4) is 0 Å². The van der Waals surface area contributed by atoms with E-state index >= 15 is 0 Å². The molecule has 0 saturated heterocycles. The van der Waals surface area contributed by atoms with Gasteiger partial charge in [-0.15, -0.1) is 0 Å². The van der Waals surface area contributed by atoms with Gasteiger partial charge in [-0.05, 0) is 49.9 Å². The molecule has 4 nitrogen and oxygen atoms in total. The Bertz CT molecular complexity index is 553. The molecule has 0 aromatic heterocycles. The van der Waals surface area contributed by atoms with E-state index in [1.165, 1.54) is 22.3 Å². The van der Waals surface area contributed by atoms with Crippen LogP contribution in [0.5, 0.6) is 0 Å². The molecule has 0 aliphatic heterocycles.